The zero-order valence-corrected chi connectivity index (χ0v) is 21.9. The van der Waals surface area contributed by atoms with Gasteiger partial charge in [0.05, 0.1) is 0 Å². The van der Waals surface area contributed by atoms with Crippen molar-refractivity contribution in [3.8, 4) is 0 Å². The Bertz CT molecular complexity index is 966. The fourth-order valence-electron chi connectivity index (χ4n) is 5.72. The normalized spacial score (nSPS) is 20.2. The quantitative estimate of drug-likeness (QED) is 0.405. The standard InChI is InChI=1S/C10H9.C9H7.2C2H5.2ClH.H2Si.Zr/c1-8-6-9-4-2-3-5-10(9)7-8;1-2-5-9-7-3-6-8(9)4-1;2*1-2;;;;/h2-7H,1H3;1-7H;2*1H2,2H3;2*1H;1H2;. The molecule has 144 valence electrons. The van der Waals surface area contributed by atoms with E-state index in [9.17, 15) is 0 Å². The molecule has 0 bridgehead atoms. The van der Waals surface area contributed by atoms with Gasteiger partial charge >= 0.3 is 155 Å². The fraction of sp³-hybridized carbons (Fsp3) is 0.304. The summed E-state index contributed by atoms with van der Waals surface area (Å²) in [6.45, 7) is 9.86. The van der Waals surface area contributed by atoms with Crippen LogP contribution < -0.4 is 0 Å². The molecule has 4 rings (SSSR count). The monoisotopic (exact) mass is 494 g/mol. The third-order valence-electron chi connectivity index (χ3n) is 7.38. The number of rotatable bonds is 4. The summed E-state index contributed by atoms with van der Waals surface area (Å²) in [5.74, 6) is 0. The van der Waals surface area contributed by atoms with Crippen molar-refractivity contribution >= 4 is 43.8 Å². The first kappa shape index (κ1) is 22.9. The van der Waals surface area contributed by atoms with Crippen LogP contribution in [-0.2, 0) is 17.4 Å². The van der Waals surface area contributed by atoms with Crippen LogP contribution in [0.5, 0.6) is 0 Å². The van der Waals surface area contributed by atoms with E-state index in [1.165, 1.54) is 19.4 Å². The summed E-state index contributed by atoms with van der Waals surface area (Å²) in [5.41, 5.74) is 7.75. The molecule has 0 saturated carbocycles. The molecule has 0 aromatic heterocycles. The smallest absolute Gasteiger partial charge is 0.147 e. The van der Waals surface area contributed by atoms with Gasteiger partial charge in [0.25, 0.3) is 0 Å². The molecule has 27 heavy (non-hydrogen) atoms. The van der Waals surface area contributed by atoms with E-state index in [-0.39, 0.29) is 24.8 Å². The molecule has 0 fully saturated rings. The molecule has 0 nitrogen and oxygen atoms in total. The van der Waals surface area contributed by atoms with Gasteiger partial charge in [0.15, 0.2) is 0 Å². The van der Waals surface area contributed by atoms with Crippen LogP contribution in [-0.4, -0.2) is 6.88 Å². The van der Waals surface area contributed by atoms with Crippen LogP contribution in [0.15, 0.2) is 60.2 Å². The predicted octanol–water partition coefficient (Wildman–Crippen LogP) is 6.87. The number of fused-ring (bicyclic) bond motifs is 2. The number of hydrogen-bond donors (Lipinski definition) is 0. The van der Waals surface area contributed by atoms with Gasteiger partial charge in [-0.25, -0.2) is 0 Å². The first-order valence-corrected chi connectivity index (χ1v) is 21.8. The molecular formula is C23H30Cl2SiZr. The molecule has 0 N–H and O–H groups in total. The van der Waals surface area contributed by atoms with Crippen molar-refractivity contribution in [3.63, 3.8) is 0 Å². The zero-order valence-electron chi connectivity index (χ0n) is 16.4. The minimum absolute atomic E-state index is 0. The van der Waals surface area contributed by atoms with E-state index >= 15 is 0 Å². The number of hydrogen-bond acceptors (Lipinski definition) is 0. The van der Waals surface area contributed by atoms with E-state index in [0.717, 1.165) is 0 Å². The summed E-state index contributed by atoms with van der Waals surface area (Å²) >= 11 is -3.20. The molecule has 4 heteroatoms. The molecular weight excluding hydrogens is 466 g/mol. The maximum absolute atomic E-state index is 3.20. The Morgan fingerprint density at radius 2 is 1.41 bits per heavy atom. The molecule has 0 heterocycles. The molecule has 0 aliphatic heterocycles. The Labute approximate surface area is 178 Å². The maximum atomic E-state index is 2.57. The Balaban J connectivity index is 0.00000131. The van der Waals surface area contributed by atoms with Crippen LogP contribution in [0.2, 0.25) is 8.26 Å². The summed E-state index contributed by atoms with van der Waals surface area (Å²) in [5, 5.41) is 0. The van der Waals surface area contributed by atoms with Gasteiger partial charge in [-0.1, -0.05) is 0 Å². The van der Waals surface area contributed by atoms with Gasteiger partial charge < -0.3 is 0 Å². The van der Waals surface area contributed by atoms with E-state index in [1.54, 1.807) is 16.7 Å². The summed E-state index contributed by atoms with van der Waals surface area (Å²) in [6, 6.07) is 18.3. The third kappa shape index (κ3) is 3.21. The van der Waals surface area contributed by atoms with E-state index in [1.807, 2.05) is 0 Å². The molecule has 0 saturated heterocycles. The van der Waals surface area contributed by atoms with Gasteiger partial charge in [-0.3, -0.25) is 0 Å². The largest absolute Gasteiger partial charge is 0.147 e. The maximum Gasteiger partial charge on any atom is -0.147 e. The molecule has 0 amide bonds. The summed E-state index contributed by atoms with van der Waals surface area (Å²) < 4.78 is 4.12. The van der Waals surface area contributed by atoms with Crippen molar-refractivity contribution in [1.29, 1.82) is 0 Å². The average molecular weight is 497 g/mol. The van der Waals surface area contributed by atoms with E-state index in [0.29, 0.717) is 7.25 Å². The number of benzene rings is 2. The van der Waals surface area contributed by atoms with Gasteiger partial charge in [-0.15, -0.1) is 24.8 Å². The van der Waals surface area contributed by atoms with Crippen LogP contribution in [0.3, 0.4) is 0 Å². The van der Waals surface area contributed by atoms with Crippen molar-refractivity contribution in [2.75, 3.05) is 0 Å². The average Bonchev–Trinajstić information content (AvgIpc) is 3.22. The van der Waals surface area contributed by atoms with E-state index < -0.39 is 17.4 Å². The van der Waals surface area contributed by atoms with Gasteiger partial charge in [0.2, 0.25) is 0 Å². The molecule has 2 unspecified atom stereocenters. The first-order valence-electron chi connectivity index (χ1n) is 9.61. The van der Waals surface area contributed by atoms with Crippen molar-refractivity contribution in [1.82, 2.24) is 0 Å². The van der Waals surface area contributed by atoms with Crippen LogP contribution >= 0.6 is 24.8 Å². The molecule has 2 aliphatic carbocycles. The predicted molar refractivity (Wildman–Crippen MR) is 125 cm³/mol. The second-order valence-electron chi connectivity index (χ2n) is 8.26. The molecule has 0 spiro atoms. The van der Waals surface area contributed by atoms with Crippen molar-refractivity contribution in [3.05, 3.63) is 82.4 Å². The minimum Gasteiger partial charge on any atom is -0.147 e. The summed E-state index contributed by atoms with van der Waals surface area (Å²) in [4.78, 5) is 0. The number of allylic oxidation sites excluding steroid dienone is 2. The molecule has 2 atom stereocenters. The zero-order chi connectivity index (χ0) is 17.7. The molecule has 2 aliphatic rings. The van der Waals surface area contributed by atoms with E-state index in [4.69, 9.17) is 0 Å². The molecule has 2 aromatic rings. The van der Waals surface area contributed by atoms with Crippen LogP contribution in [0.4, 0.5) is 0 Å². The second kappa shape index (κ2) is 8.15. The van der Waals surface area contributed by atoms with Gasteiger partial charge in [-0.05, 0) is 0 Å². The summed E-state index contributed by atoms with van der Waals surface area (Å²) in [6.07, 6.45) is 7.44. The number of halogens is 2. The Morgan fingerprint density at radius 3 is 2.04 bits per heavy atom. The Kier molecular flexibility index (Phi) is 6.91. The van der Waals surface area contributed by atoms with Crippen molar-refractivity contribution < 1.29 is 17.4 Å². The van der Waals surface area contributed by atoms with Crippen molar-refractivity contribution in [2.24, 2.45) is 0 Å². The van der Waals surface area contributed by atoms with Crippen molar-refractivity contribution in [2.45, 2.75) is 36.3 Å². The SMILES string of the molecule is C[CH2][Zr](=[SiH2])([CH2]C)([CH]1C=Cc2ccccc21)[CH]1C(C)=Cc2ccccc21.Cl.Cl. The third-order valence-corrected chi connectivity index (χ3v) is 38.3. The Hall–Kier alpha value is -0.400. The minimum atomic E-state index is -3.20. The molecule has 0 radical (unpaired) electrons. The molecule has 2 aromatic carbocycles. The van der Waals surface area contributed by atoms with Crippen LogP contribution in [0.25, 0.3) is 12.2 Å². The van der Waals surface area contributed by atoms with E-state index in [2.05, 4.69) is 94.4 Å². The van der Waals surface area contributed by atoms with Gasteiger partial charge in [-0.2, -0.15) is 0 Å². The Morgan fingerprint density at radius 1 is 0.852 bits per heavy atom. The topological polar surface area (TPSA) is 0 Å². The van der Waals surface area contributed by atoms with Gasteiger partial charge in [0.1, 0.15) is 0 Å². The van der Waals surface area contributed by atoms with Gasteiger partial charge in [0, 0.05) is 0 Å². The first-order chi connectivity index (χ1) is 12.0. The van der Waals surface area contributed by atoms with Crippen LogP contribution in [0.1, 0.15) is 50.3 Å². The second-order valence-corrected chi connectivity index (χ2v) is 36.0. The fourth-order valence-corrected chi connectivity index (χ4v) is 27.5. The van der Waals surface area contributed by atoms with Crippen LogP contribution in [0, 0.1) is 0 Å². The summed E-state index contributed by atoms with van der Waals surface area (Å²) in [7, 11) is 0.